The number of hydrogen-bond acceptors (Lipinski definition) is 1. The lowest BCUT2D eigenvalue weighted by atomic mass is 9.81. The Balaban J connectivity index is 1.98. The molecule has 0 aliphatic heterocycles. The van der Waals surface area contributed by atoms with Gasteiger partial charge in [-0.25, -0.2) is 0 Å². The monoisotopic (exact) mass is 154 g/mol. The molecule has 0 N–H and O–H groups in total. The van der Waals surface area contributed by atoms with E-state index in [1.54, 1.807) is 0 Å². The van der Waals surface area contributed by atoms with Crippen molar-refractivity contribution in [1.82, 2.24) is 0 Å². The fourth-order valence-corrected chi connectivity index (χ4v) is 2.97. The van der Waals surface area contributed by atoms with Crippen molar-refractivity contribution < 1.29 is 4.74 Å². The third-order valence-corrected chi connectivity index (χ3v) is 3.57. The fourth-order valence-electron chi connectivity index (χ4n) is 2.97. The SMILES string of the molecule is COC1CCC2CCCCC21. The fraction of sp³-hybridized carbons (Fsp3) is 1.00. The largest absolute Gasteiger partial charge is 0.381 e. The molecule has 0 saturated heterocycles. The molecule has 2 aliphatic carbocycles. The maximum atomic E-state index is 5.48. The zero-order chi connectivity index (χ0) is 7.68. The Morgan fingerprint density at radius 2 is 1.82 bits per heavy atom. The number of hydrogen-bond donors (Lipinski definition) is 0. The Morgan fingerprint density at radius 3 is 2.64 bits per heavy atom. The Morgan fingerprint density at radius 1 is 1.00 bits per heavy atom. The second-order valence-corrected chi connectivity index (χ2v) is 4.06. The molecule has 2 saturated carbocycles. The van der Waals surface area contributed by atoms with Crippen molar-refractivity contribution in [1.29, 1.82) is 0 Å². The van der Waals surface area contributed by atoms with Crippen LogP contribution in [0.2, 0.25) is 0 Å². The molecule has 3 atom stereocenters. The topological polar surface area (TPSA) is 9.23 Å². The van der Waals surface area contributed by atoms with Crippen LogP contribution in [0.5, 0.6) is 0 Å². The van der Waals surface area contributed by atoms with Gasteiger partial charge in [0.15, 0.2) is 0 Å². The van der Waals surface area contributed by atoms with E-state index in [9.17, 15) is 0 Å². The molecule has 3 unspecified atom stereocenters. The molecule has 0 spiro atoms. The maximum Gasteiger partial charge on any atom is 0.0602 e. The third kappa shape index (κ3) is 1.31. The van der Waals surface area contributed by atoms with E-state index in [-0.39, 0.29) is 0 Å². The van der Waals surface area contributed by atoms with Crippen LogP contribution in [0, 0.1) is 11.8 Å². The van der Waals surface area contributed by atoms with Gasteiger partial charge in [-0.1, -0.05) is 19.3 Å². The van der Waals surface area contributed by atoms with E-state index in [1.807, 2.05) is 7.11 Å². The molecule has 64 valence electrons. The summed E-state index contributed by atoms with van der Waals surface area (Å²) in [5.41, 5.74) is 0. The summed E-state index contributed by atoms with van der Waals surface area (Å²) < 4.78 is 5.48. The predicted molar refractivity (Wildman–Crippen MR) is 45.5 cm³/mol. The van der Waals surface area contributed by atoms with E-state index < -0.39 is 0 Å². The van der Waals surface area contributed by atoms with Crippen LogP contribution in [0.1, 0.15) is 38.5 Å². The first-order valence-electron chi connectivity index (χ1n) is 4.94. The molecule has 0 radical (unpaired) electrons. The van der Waals surface area contributed by atoms with Crippen LogP contribution in [0.25, 0.3) is 0 Å². The van der Waals surface area contributed by atoms with Crippen molar-refractivity contribution in [3.05, 3.63) is 0 Å². The van der Waals surface area contributed by atoms with Gasteiger partial charge in [0.1, 0.15) is 0 Å². The standard InChI is InChI=1S/C10H18O/c1-11-10-7-6-8-4-2-3-5-9(8)10/h8-10H,2-7H2,1H3. The smallest absolute Gasteiger partial charge is 0.0602 e. The number of rotatable bonds is 1. The normalized spacial score (nSPS) is 43.9. The summed E-state index contributed by atoms with van der Waals surface area (Å²) in [5.74, 6) is 1.95. The van der Waals surface area contributed by atoms with Crippen molar-refractivity contribution in [3.63, 3.8) is 0 Å². The minimum absolute atomic E-state index is 0.611. The lowest BCUT2D eigenvalue weighted by molar-refractivity contribution is 0.0479. The highest BCUT2D eigenvalue weighted by Crippen LogP contribution is 2.43. The molecule has 0 aromatic heterocycles. The van der Waals surface area contributed by atoms with Crippen molar-refractivity contribution in [2.45, 2.75) is 44.6 Å². The molecule has 2 rings (SSSR count). The van der Waals surface area contributed by atoms with Gasteiger partial charge in [0.05, 0.1) is 6.10 Å². The molecule has 0 amide bonds. The first-order chi connectivity index (χ1) is 5.42. The quantitative estimate of drug-likeness (QED) is 0.564. The summed E-state index contributed by atoms with van der Waals surface area (Å²) in [6, 6.07) is 0. The Bertz CT molecular complexity index is 127. The van der Waals surface area contributed by atoms with Crippen LogP contribution in [-0.2, 0) is 4.74 Å². The van der Waals surface area contributed by atoms with Gasteiger partial charge in [0, 0.05) is 7.11 Å². The maximum absolute atomic E-state index is 5.48. The first kappa shape index (κ1) is 7.60. The molecule has 2 aliphatic rings. The molecule has 1 nitrogen and oxygen atoms in total. The number of ether oxygens (including phenoxy) is 1. The average Bonchev–Trinajstić information content (AvgIpc) is 2.47. The first-order valence-corrected chi connectivity index (χ1v) is 4.94. The van der Waals surface area contributed by atoms with Crippen molar-refractivity contribution in [2.24, 2.45) is 11.8 Å². The van der Waals surface area contributed by atoms with Crippen LogP contribution in [0.15, 0.2) is 0 Å². The zero-order valence-corrected chi connectivity index (χ0v) is 7.38. The van der Waals surface area contributed by atoms with E-state index >= 15 is 0 Å². The molecule has 0 bridgehead atoms. The highest BCUT2D eigenvalue weighted by molar-refractivity contribution is 4.87. The van der Waals surface area contributed by atoms with Crippen LogP contribution in [-0.4, -0.2) is 13.2 Å². The Kier molecular flexibility index (Phi) is 2.17. The van der Waals surface area contributed by atoms with Crippen LogP contribution < -0.4 is 0 Å². The minimum Gasteiger partial charge on any atom is -0.381 e. The summed E-state index contributed by atoms with van der Waals surface area (Å²) in [4.78, 5) is 0. The van der Waals surface area contributed by atoms with Gasteiger partial charge in [-0.3, -0.25) is 0 Å². The van der Waals surface area contributed by atoms with Gasteiger partial charge in [0.25, 0.3) is 0 Å². The number of fused-ring (bicyclic) bond motifs is 1. The van der Waals surface area contributed by atoms with E-state index in [1.165, 1.54) is 38.5 Å². The minimum atomic E-state index is 0.611. The molecule has 1 heteroatoms. The van der Waals surface area contributed by atoms with Crippen LogP contribution in [0.4, 0.5) is 0 Å². The molecule has 11 heavy (non-hydrogen) atoms. The molecular weight excluding hydrogens is 136 g/mol. The lowest BCUT2D eigenvalue weighted by Gasteiger charge is -2.28. The van der Waals surface area contributed by atoms with E-state index in [2.05, 4.69) is 0 Å². The summed E-state index contributed by atoms with van der Waals surface area (Å²) in [7, 11) is 1.88. The van der Waals surface area contributed by atoms with Crippen molar-refractivity contribution >= 4 is 0 Å². The van der Waals surface area contributed by atoms with Gasteiger partial charge in [-0.2, -0.15) is 0 Å². The van der Waals surface area contributed by atoms with Gasteiger partial charge in [0.2, 0.25) is 0 Å². The van der Waals surface area contributed by atoms with E-state index in [4.69, 9.17) is 4.74 Å². The molecule has 2 fully saturated rings. The molecule has 0 aromatic rings. The second kappa shape index (κ2) is 3.14. The molecule has 0 heterocycles. The predicted octanol–water partition coefficient (Wildman–Crippen LogP) is 2.60. The highest BCUT2D eigenvalue weighted by atomic mass is 16.5. The lowest BCUT2D eigenvalue weighted by Crippen LogP contribution is -2.23. The number of methoxy groups -OCH3 is 1. The second-order valence-electron chi connectivity index (χ2n) is 4.06. The van der Waals surface area contributed by atoms with Crippen molar-refractivity contribution in [2.75, 3.05) is 7.11 Å². The van der Waals surface area contributed by atoms with E-state index in [0.717, 1.165) is 11.8 Å². The summed E-state index contributed by atoms with van der Waals surface area (Å²) in [5, 5.41) is 0. The van der Waals surface area contributed by atoms with Crippen molar-refractivity contribution in [3.8, 4) is 0 Å². The zero-order valence-electron chi connectivity index (χ0n) is 7.38. The Labute approximate surface area is 69.1 Å². The molecular formula is C10H18O. The van der Waals surface area contributed by atoms with Gasteiger partial charge < -0.3 is 4.74 Å². The summed E-state index contributed by atoms with van der Waals surface area (Å²) in [6.45, 7) is 0. The average molecular weight is 154 g/mol. The van der Waals surface area contributed by atoms with E-state index in [0.29, 0.717) is 6.10 Å². The highest BCUT2D eigenvalue weighted by Gasteiger charge is 2.37. The Hall–Kier alpha value is -0.0400. The molecule has 0 aromatic carbocycles. The van der Waals surface area contributed by atoms with Gasteiger partial charge in [-0.15, -0.1) is 0 Å². The summed E-state index contributed by atoms with van der Waals surface area (Å²) >= 11 is 0. The van der Waals surface area contributed by atoms with Gasteiger partial charge >= 0.3 is 0 Å². The van der Waals surface area contributed by atoms with Gasteiger partial charge in [-0.05, 0) is 31.1 Å². The van der Waals surface area contributed by atoms with Crippen LogP contribution >= 0.6 is 0 Å². The third-order valence-electron chi connectivity index (χ3n) is 3.57. The summed E-state index contributed by atoms with van der Waals surface area (Å²) in [6.07, 6.45) is 9.20. The van der Waals surface area contributed by atoms with Crippen LogP contribution in [0.3, 0.4) is 0 Å².